The zero-order valence-corrected chi connectivity index (χ0v) is 12.4. The Morgan fingerprint density at radius 2 is 2.05 bits per heavy atom. The van der Waals surface area contributed by atoms with Crippen LogP contribution in [0.2, 0.25) is 0 Å². The molecule has 0 heterocycles. The van der Waals surface area contributed by atoms with E-state index in [1.165, 1.54) is 30.9 Å². The third-order valence-corrected chi connectivity index (χ3v) is 5.53. The molecule has 0 bridgehead atoms. The number of hydrogen-bond acceptors (Lipinski definition) is 4. The smallest absolute Gasteiger partial charge is 0.244 e. The number of nitrogens with zero attached hydrogens (tertiary/aromatic N) is 1. The van der Waals surface area contributed by atoms with Crippen molar-refractivity contribution in [3.05, 3.63) is 18.2 Å². The second kappa shape index (κ2) is 5.02. The predicted octanol–water partition coefficient (Wildman–Crippen LogP) is 1.59. The number of hydrogen-bond donors (Lipinski definition) is 2. The maximum absolute atomic E-state index is 12.1. The van der Waals surface area contributed by atoms with Crippen LogP contribution in [-0.2, 0) is 10.0 Å². The minimum absolute atomic E-state index is 0.159. The average molecular weight is 283 g/mol. The van der Waals surface area contributed by atoms with Crippen LogP contribution in [0, 0.1) is 11.8 Å². The van der Waals surface area contributed by atoms with Gasteiger partial charge in [-0.2, -0.15) is 0 Å². The minimum Gasteiger partial charge on any atom is -0.396 e. The largest absolute Gasteiger partial charge is 0.396 e. The highest BCUT2D eigenvalue weighted by Gasteiger charge is 2.32. The molecule has 1 saturated carbocycles. The van der Waals surface area contributed by atoms with Crippen LogP contribution in [0.1, 0.15) is 13.3 Å². The minimum atomic E-state index is -3.50. The van der Waals surface area contributed by atoms with E-state index in [2.05, 4.69) is 12.2 Å². The van der Waals surface area contributed by atoms with Gasteiger partial charge in [0.2, 0.25) is 10.0 Å². The first kappa shape index (κ1) is 14.1. The van der Waals surface area contributed by atoms with Crippen molar-refractivity contribution in [3.8, 4) is 0 Å². The number of rotatable bonds is 5. The van der Waals surface area contributed by atoms with E-state index in [9.17, 15) is 8.42 Å². The Kier molecular flexibility index (Phi) is 3.73. The molecule has 5 nitrogen and oxygen atoms in total. The van der Waals surface area contributed by atoms with Crippen molar-refractivity contribution < 1.29 is 8.42 Å². The summed E-state index contributed by atoms with van der Waals surface area (Å²) in [5, 5.41) is 3.25. The SMILES string of the molecule is CC1CC1CNc1cccc(S(=O)(=O)N(C)C)c1N. The lowest BCUT2D eigenvalue weighted by atomic mass is 10.2. The van der Waals surface area contributed by atoms with Crippen molar-refractivity contribution >= 4 is 21.4 Å². The van der Waals surface area contributed by atoms with E-state index >= 15 is 0 Å². The number of nitrogens with one attached hydrogen (secondary N) is 1. The molecule has 0 radical (unpaired) electrons. The summed E-state index contributed by atoms with van der Waals surface area (Å²) in [6, 6.07) is 5.07. The zero-order chi connectivity index (χ0) is 14.2. The van der Waals surface area contributed by atoms with Gasteiger partial charge in [-0.05, 0) is 30.4 Å². The van der Waals surface area contributed by atoms with E-state index in [1.807, 2.05) is 6.07 Å². The summed E-state index contributed by atoms with van der Waals surface area (Å²) in [7, 11) is -0.494. The summed E-state index contributed by atoms with van der Waals surface area (Å²) in [5.41, 5.74) is 6.97. The molecule has 0 amide bonds. The van der Waals surface area contributed by atoms with Crippen molar-refractivity contribution in [2.24, 2.45) is 11.8 Å². The molecule has 19 heavy (non-hydrogen) atoms. The summed E-state index contributed by atoms with van der Waals surface area (Å²) in [4.78, 5) is 0.159. The van der Waals surface area contributed by atoms with E-state index in [4.69, 9.17) is 5.73 Å². The van der Waals surface area contributed by atoms with Gasteiger partial charge >= 0.3 is 0 Å². The van der Waals surface area contributed by atoms with Crippen LogP contribution >= 0.6 is 0 Å². The monoisotopic (exact) mass is 283 g/mol. The molecular formula is C13H21N3O2S. The van der Waals surface area contributed by atoms with Crippen molar-refractivity contribution in [3.63, 3.8) is 0 Å². The molecule has 2 atom stereocenters. The molecule has 0 aliphatic heterocycles. The van der Waals surface area contributed by atoms with Gasteiger partial charge in [0.15, 0.2) is 0 Å². The van der Waals surface area contributed by atoms with Crippen LogP contribution in [0.25, 0.3) is 0 Å². The van der Waals surface area contributed by atoms with E-state index in [1.54, 1.807) is 6.07 Å². The molecule has 1 aliphatic carbocycles. The van der Waals surface area contributed by atoms with Gasteiger partial charge in [0.25, 0.3) is 0 Å². The molecule has 2 rings (SSSR count). The molecule has 0 aromatic heterocycles. The molecule has 1 aliphatic rings. The molecule has 6 heteroatoms. The van der Waals surface area contributed by atoms with Gasteiger partial charge < -0.3 is 11.1 Å². The molecule has 106 valence electrons. The Labute approximate surface area is 114 Å². The number of para-hydroxylation sites is 1. The Balaban J connectivity index is 2.22. The number of benzene rings is 1. The van der Waals surface area contributed by atoms with Gasteiger partial charge in [0.05, 0.1) is 11.4 Å². The fourth-order valence-corrected chi connectivity index (χ4v) is 3.08. The molecule has 2 unspecified atom stereocenters. The average Bonchev–Trinajstić information content (AvgIpc) is 3.03. The fourth-order valence-electron chi connectivity index (χ4n) is 2.04. The van der Waals surface area contributed by atoms with Crippen molar-refractivity contribution in [1.29, 1.82) is 0 Å². The van der Waals surface area contributed by atoms with Crippen LogP contribution in [0.15, 0.2) is 23.1 Å². The van der Waals surface area contributed by atoms with Crippen molar-refractivity contribution in [2.45, 2.75) is 18.2 Å². The topological polar surface area (TPSA) is 75.4 Å². The highest BCUT2D eigenvalue weighted by atomic mass is 32.2. The Hall–Kier alpha value is -1.27. The van der Waals surface area contributed by atoms with Crippen LogP contribution in [0.3, 0.4) is 0 Å². The number of sulfonamides is 1. The second-order valence-corrected chi connectivity index (χ2v) is 7.48. The number of anilines is 2. The number of nitrogen functional groups attached to an aromatic ring is 1. The number of nitrogens with two attached hydrogens (primary N) is 1. The molecule has 1 aromatic rings. The Morgan fingerprint density at radius 3 is 2.58 bits per heavy atom. The van der Waals surface area contributed by atoms with Gasteiger partial charge in [-0.15, -0.1) is 0 Å². The third-order valence-electron chi connectivity index (χ3n) is 3.66. The Morgan fingerprint density at radius 1 is 1.42 bits per heavy atom. The van der Waals surface area contributed by atoms with Gasteiger partial charge in [-0.3, -0.25) is 0 Å². The normalized spacial score (nSPS) is 22.5. The van der Waals surface area contributed by atoms with Crippen LogP contribution in [-0.4, -0.2) is 33.4 Å². The van der Waals surface area contributed by atoms with E-state index in [-0.39, 0.29) is 4.90 Å². The molecule has 0 saturated heterocycles. The van der Waals surface area contributed by atoms with E-state index in [0.29, 0.717) is 17.3 Å². The zero-order valence-electron chi connectivity index (χ0n) is 11.6. The standard InChI is InChI=1S/C13H21N3O2S/c1-9-7-10(9)8-15-11-5-4-6-12(13(11)14)19(17,18)16(2)3/h4-6,9-10,15H,7-8,14H2,1-3H3. The van der Waals surface area contributed by atoms with Gasteiger partial charge in [-0.25, -0.2) is 12.7 Å². The van der Waals surface area contributed by atoms with E-state index < -0.39 is 10.0 Å². The maximum Gasteiger partial charge on any atom is 0.244 e. The highest BCUT2D eigenvalue weighted by Crippen LogP contribution is 2.38. The van der Waals surface area contributed by atoms with Gasteiger partial charge in [0.1, 0.15) is 4.90 Å². The first-order valence-corrected chi connectivity index (χ1v) is 7.83. The summed E-state index contributed by atoms with van der Waals surface area (Å²) >= 11 is 0. The van der Waals surface area contributed by atoms with Crippen molar-refractivity contribution in [1.82, 2.24) is 4.31 Å². The molecular weight excluding hydrogens is 262 g/mol. The lowest BCUT2D eigenvalue weighted by Gasteiger charge is -2.16. The third kappa shape index (κ3) is 2.84. The van der Waals surface area contributed by atoms with E-state index in [0.717, 1.165) is 12.5 Å². The molecule has 1 aromatic carbocycles. The fraction of sp³-hybridized carbons (Fsp3) is 0.538. The Bertz CT molecular complexity index is 569. The maximum atomic E-state index is 12.1. The van der Waals surface area contributed by atoms with Crippen molar-refractivity contribution in [2.75, 3.05) is 31.7 Å². The van der Waals surface area contributed by atoms with Crippen LogP contribution in [0.5, 0.6) is 0 Å². The summed E-state index contributed by atoms with van der Waals surface area (Å²) < 4.78 is 25.4. The first-order valence-electron chi connectivity index (χ1n) is 6.39. The lowest BCUT2D eigenvalue weighted by molar-refractivity contribution is 0.521. The lowest BCUT2D eigenvalue weighted by Crippen LogP contribution is -2.23. The van der Waals surface area contributed by atoms with Crippen LogP contribution in [0.4, 0.5) is 11.4 Å². The predicted molar refractivity (Wildman–Crippen MR) is 77.5 cm³/mol. The molecule has 3 N–H and O–H groups in total. The molecule has 1 fully saturated rings. The quantitative estimate of drug-likeness (QED) is 0.805. The van der Waals surface area contributed by atoms with Crippen LogP contribution < -0.4 is 11.1 Å². The van der Waals surface area contributed by atoms with Gasteiger partial charge in [0, 0.05) is 20.6 Å². The van der Waals surface area contributed by atoms with Gasteiger partial charge in [-0.1, -0.05) is 13.0 Å². The summed E-state index contributed by atoms with van der Waals surface area (Å²) in [6.45, 7) is 3.06. The molecule has 0 spiro atoms. The highest BCUT2D eigenvalue weighted by molar-refractivity contribution is 7.89. The summed E-state index contributed by atoms with van der Waals surface area (Å²) in [5.74, 6) is 1.43. The second-order valence-electron chi connectivity index (χ2n) is 5.36. The summed E-state index contributed by atoms with van der Waals surface area (Å²) in [6.07, 6.45) is 1.22. The first-order chi connectivity index (χ1) is 8.84.